The first-order valence-electron chi connectivity index (χ1n) is 11.2. The molecule has 0 N–H and O–H groups in total. The van der Waals surface area contributed by atoms with Crippen molar-refractivity contribution in [2.24, 2.45) is 0 Å². The van der Waals surface area contributed by atoms with E-state index in [1.165, 1.54) is 82.6 Å². The minimum Gasteiger partial charge on any atom is -0.491 e. The maximum Gasteiger partial charge on any atom is 0.123 e. The largest absolute Gasteiger partial charge is 0.491 e. The first-order valence-corrected chi connectivity index (χ1v) is 11.2. The van der Waals surface area contributed by atoms with Crippen LogP contribution in [-0.2, 0) is 11.2 Å². The fourth-order valence-corrected chi connectivity index (χ4v) is 3.24. The van der Waals surface area contributed by atoms with Crippen LogP contribution in [0.25, 0.3) is 0 Å². The van der Waals surface area contributed by atoms with E-state index in [2.05, 4.69) is 50.3 Å². The topological polar surface area (TPSA) is 21.8 Å². The third-order valence-electron chi connectivity index (χ3n) is 5.33. The molecule has 0 bridgehead atoms. The van der Waals surface area contributed by atoms with E-state index in [0.717, 1.165) is 12.4 Å². The molecule has 2 nitrogen and oxygen atoms in total. The Labute approximate surface area is 167 Å². The lowest BCUT2D eigenvalue weighted by atomic mass is 10.1. The van der Waals surface area contributed by atoms with Crippen molar-refractivity contribution in [1.29, 1.82) is 0 Å². The van der Waals surface area contributed by atoms with Gasteiger partial charge in [0.15, 0.2) is 0 Å². The molecule has 0 amide bonds. The summed E-state index contributed by atoms with van der Waals surface area (Å²) in [5.74, 6) is 0.950. The summed E-state index contributed by atoms with van der Waals surface area (Å²) in [6.45, 7) is 5.84. The lowest BCUT2D eigenvalue weighted by Gasteiger charge is -2.09. The smallest absolute Gasteiger partial charge is 0.123 e. The van der Waals surface area contributed by atoms with Gasteiger partial charge in [0.25, 0.3) is 0 Å². The molecule has 1 unspecified atom stereocenters. The molecule has 1 heterocycles. The maximum atomic E-state index is 5.78. The lowest BCUT2D eigenvalue weighted by molar-refractivity contribution is 0.202. The van der Waals surface area contributed by atoms with Gasteiger partial charge in [-0.25, -0.2) is 0 Å². The highest BCUT2D eigenvalue weighted by atomic mass is 16.6. The van der Waals surface area contributed by atoms with Crippen LogP contribution in [0.5, 0.6) is 5.75 Å². The fourth-order valence-electron chi connectivity index (χ4n) is 3.24. The van der Waals surface area contributed by atoms with Gasteiger partial charge in [-0.1, -0.05) is 69.7 Å². The van der Waals surface area contributed by atoms with Crippen molar-refractivity contribution in [3.8, 4) is 5.75 Å². The lowest BCUT2D eigenvalue weighted by Crippen LogP contribution is -2.16. The minimum atomic E-state index is -0.0399. The summed E-state index contributed by atoms with van der Waals surface area (Å²) in [6.07, 6.45) is 20.7. The second-order valence-corrected chi connectivity index (χ2v) is 8.30. The SMILES string of the molecule is CCCCCCCC/C=C/CCCCCc1ccc(OCC2(C)CO2)cc1. The van der Waals surface area contributed by atoms with Gasteiger partial charge in [0.05, 0.1) is 6.61 Å². The number of epoxide rings is 1. The predicted octanol–water partition coefficient (Wildman–Crippen LogP) is 7.26. The molecule has 0 saturated carbocycles. The Bertz CT molecular complexity index is 514. The molecule has 2 rings (SSSR count). The molecule has 2 heteroatoms. The molecule has 1 aliphatic rings. The van der Waals surface area contributed by atoms with Crippen molar-refractivity contribution in [3.05, 3.63) is 42.0 Å². The average Bonchev–Trinajstić information content (AvgIpc) is 3.42. The monoisotopic (exact) mass is 372 g/mol. The number of allylic oxidation sites excluding steroid dienone is 2. The van der Waals surface area contributed by atoms with Crippen LogP contribution in [0.2, 0.25) is 0 Å². The van der Waals surface area contributed by atoms with Gasteiger partial charge < -0.3 is 9.47 Å². The molecular formula is C25H40O2. The van der Waals surface area contributed by atoms with Crippen LogP contribution in [0, 0.1) is 0 Å². The van der Waals surface area contributed by atoms with Crippen molar-refractivity contribution in [1.82, 2.24) is 0 Å². The van der Waals surface area contributed by atoms with Crippen LogP contribution in [0.4, 0.5) is 0 Å². The van der Waals surface area contributed by atoms with Crippen LogP contribution in [-0.4, -0.2) is 18.8 Å². The molecule has 1 aliphatic heterocycles. The van der Waals surface area contributed by atoms with Gasteiger partial charge in [-0.05, 0) is 63.1 Å². The highest BCUT2D eigenvalue weighted by molar-refractivity contribution is 5.27. The van der Waals surface area contributed by atoms with E-state index in [0.29, 0.717) is 6.61 Å². The number of ether oxygens (including phenoxy) is 2. The molecule has 152 valence electrons. The van der Waals surface area contributed by atoms with E-state index in [9.17, 15) is 0 Å². The van der Waals surface area contributed by atoms with Crippen LogP contribution < -0.4 is 4.74 Å². The quantitative estimate of drug-likeness (QED) is 0.173. The van der Waals surface area contributed by atoms with Crippen molar-refractivity contribution < 1.29 is 9.47 Å². The molecule has 0 aromatic heterocycles. The number of aryl methyl sites for hydroxylation is 1. The molecule has 0 aliphatic carbocycles. The molecule has 0 spiro atoms. The molecule has 1 aromatic carbocycles. The highest BCUT2D eigenvalue weighted by Crippen LogP contribution is 2.27. The van der Waals surface area contributed by atoms with Crippen LogP contribution in [0.1, 0.15) is 90.0 Å². The number of hydrogen-bond acceptors (Lipinski definition) is 2. The molecule has 27 heavy (non-hydrogen) atoms. The third-order valence-corrected chi connectivity index (χ3v) is 5.33. The first-order chi connectivity index (χ1) is 13.2. The Morgan fingerprint density at radius 2 is 1.48 bits per heavy atom. The second-order valence-electron chi connectivity index (χ2n) is 8.30. The number of hydrogen-bond donors (Lipinski definition) is 0. The average molecular weight is 373 g/mol. The number of benzene rings is 1. The zero-order chi connectivity index (χ0) is 19.2. The zero-order valence-corrected chi connectivity index (χ0v) is 17.7. The summed E-state index contributed by atoms with van der Waals surface area (Å²) in [5, 5.41) is 0. The Hall–Kier alpha value is -1.28. The van der Waals surface area contributed by atoms with Crippen LogP contribution in [0.15, 0.2) is 36.4 Å². The minimum absolute atomic E-state index is 0.0399. The van der Waals surface area contributed by atoms with Gasteiger partial charge in [-0.15, -0.1) is 0 Å². The van der Waals surface area contributed by atoms with Gasteiger partial charge in [0.2, 0.25) is 0 Å². The van der Waals surface area contributed by atoms with Crippen molar-refractivity contribution in [2.45, 2.75) is 96.5 Å². The summed E-state index contributed by atoms with van der Waals surface area (Å²) in [7, 11) is 0. The van der Waals surface area contributed by atoms with Crippen molar-refractivity contribution in [3.63, 3.8) is 0 Å². The van der Waals surface area contributed by atoms with E-state index < -0.39 is 0 Å². The Balaban J connectivity index is 1.42. The number of rotatable bonds is 16. The second kappa shape index (κ2) is 13.0. The maximum absolute atomic E-state index is 5.78. The fraction of sp³-hybridized carbons (Fsp3) is 0.680. The van der Waals surface area contributed by atoms with E-state index in [-0.39, 0.29) is 5.60 Å². The van der Waals surface area contributed by atoms with Gasteiger partial charge in [0.1, 0.15) is 18.0 Å². The molecule has 1 saturated heterocycles. The molecule has 0 radical (unpaired) electrons. The van der Waals surface area contributed by atoms with Gasteiger partial charge in [-0.2, -0.15) is 0 Å². The Morgan fingerprint density at radius 1 is 0.889 bits per heavy atom. The highest BCUT2D eigenvalue weighted by Gasteiger charge is 2.40. The van der Waals surface area contributed by atoms with E-state index in [1.807, 2.05) is 0 Å². The normalized spacial score (nSPS) is 18.9. The summed E-state index contributed by atoms with van der Waals surface area (Å²) in [4.78, 5) is 0. The van der Waals surface area contributed by atoms with Crippen molar-refractivity contribution in [2.75, 3.05) is 13.2 Å². The summed E-state index contributed by atoms with van der Waals surface area (Å²) >= 11 is 0. The van der Waals surface area contributed by atoms with E-state index in [4.69, 9.17) is 9.47 Å². The Kier molecular flexibility index (Phi) is 10.6. The van der Waals surface area contributed by atoms with Gasteiger partial charge >= 0.3 is 0 Å². The standard InChI is InChI=1S/C25H40O2/c1-3-4-5-6-7-8-9-10-11-12-13-14-15-16-23-17-19-24(20-18-23)26-21-25(2)22-27-25/h10-11,17-20H,3-9,12-16,21-22H2,1-2H3/b11-10+. The van der Waals surface area contributed by atoms with Crippen LogP contribution in [0.3, 0.4) is 0 Å². The molecule has 1 aromatic rings. The Morgan fingerprint density at radius 3 is 2.11 bits per heavy atom. The summed E-state index contributed by atoms with van der Waals surface area (Å²) in [6, 6.07) is 8.58. The zero-order valence-electron chi connectivity index (χ0n) is 17.7. The van der Waals surface area contributed by atoms with Gasteiger partial charge in [0, 0.05) is 0 Å². The van der Waals surface area contributed by atoms with Crippen molar-refractivity contribution >= 4 is 0 Å². The number of unbranched alkanes of at least 4 members (excludes halogenated alkanes) is 9. The predicted molar refractivity (Wildman–Crippen MR) is 116 cm³/mol. The summed E-state index contributed by atoms with van der Waals surface area (Å²) in [5.41, 5.74) is 1.37. The summed E-state index contributed by atoms with van der Waals surface area (Å²) < 4.78 is 11.1. The van der Waals surface area contributed by atoms with Crippen LogP contribution >= 0.6 is 0 Å². The van der Waals surface area contributed by atoms with E-state index in [1.54, 1.807) is 0 Å². The molecule has 1 atom stereocenters. The molecule has 1 fully saturated rings. The van der Waals surface area contributed by atoms with E-state index >= 15 is 0 Å². The third kappa shape index (κ3) is 10.6. The van der Waals surface area contributed by atoms with Gasteiger partial charge in [-0.3, -0.25) is 0 Å². The first kappa shape index (κ1) is 22.0. The molecular weight excluding hydrogens is 332 g/mol.